The molecule has 1 aromatic rings. The summed E-state index contributed by atoms with van der Waals surface area (Å²) in [4.78, 5) is 0. The Labute approximate surface area is 128 Å². The predicted octanol–water partition coefficient (Wildman–Crippen LogP) is 4.21. The smallest absolute Gasteiger partial charge is 0.143 e. The van der Waals surface area contributed by atoms with Crippen LogP contribution in [0.3, 0.4) is 0 Å². The second-order valence-electron chi connectivity index (χ2n) is 6.15. The second kappa shape index (κ2) is 6.80. The Hall–Kier alpha value is -1.06. The summed E-state index contributed by atoms with van der Waals surface area (Å²) in [6.45, 7) is 11.9. The lowest BCUT2D eigenvalue weighted by atomic mass is 9.98. The molecule has 1 aromatic carbocycles. The van der Waals surface area contributed by atoms with Gasteiger partial charge < -0.3 is 14.2 Å². The van der Waals surface area contributed by atoms with Crippen molar-refractivity contribution in [3.8, 4) is 5.75 Å². The van der Waals surface area contributed by atoms with Crippen LogP contribution in [0.5, 0.6) is 5.75 Å². The molecule has 0 aliphatic carbocycles. The van der Waals surface area contributed by atoms with Gasteiger partial charge in [0.2, 0.25) is 0 Å². The number of aryl methyl sites for hydroxylation is 1. The molecule has 1 aliphatic rings. The van der Waals surface area contributed by atoms with Crippen LogP contribution < -0.4 is 4.74 Å². The van der Waals surface area contributed by atoms with Crippen LogP contribution in [0.4, 0.5) is 0 Å². The van der Waals surface area contributed by atoms with Crippen LogP contribution in [0.2, 0.25) is 0 Å². The number of benzene rings is 1. The van der Waals surface area contributed by atoms with Crippen molar-refractivity contribution in [1.29, 1.82) is 0 Å². The average Bonchev–Trinajstić information content (AvgIpc) is 3.25. The van der Waals surface area contributed by atoms with E-state index in [0.29, 0.717) is 13.2 Å². The van der Waals surface area contributed by atoms with Crippen molar-refractivity contribution in [3.05, 3.63) is 29.3 Å². The molecule has 3 heteroatoms. The predicted molar refractivity (Wildman–Crippen MR) is 84.9 cm³/mol. The number of ether oxygens (including phenoxy) is 3. The SMILES string of the molecule is CC[C@@H](C)Oc1cc(C)ccc1[C@]1(CO[C@@H](C)CC)CO1. The van der Waals surface area contributed by atoms with Gasteiger partial charge in [0.05, 0.1) is 25.4 Å². The van der Waals surface area contributed by atoms with Crippen LogP contribution in [0.25, 0.3) is 0 Å². The fraction of sp³-hybridized carbons (Fsp3) is 0.667. The van der Waals surface area contributed by atoms with Crippen LogP contribution in [0, 0.1) is 6.92 Å². The molecular weight excluding hydrogens is 264 g/mol. The quantitative estimate of drug-likeness (QED) is 0.672. The second-order valence-corrected chi connectivity index (χ2v) is 6.15. The van der Waals surface area contributed by atoms with E-state index in [1.165, 1.54) is 5.56 Å². The van der Waals surface area contributed by atoms with Crippen molar-refractivity contribution < 1.29 is 14.2 Å². The number of hydrogen-bond donors (Lipinski definition) is 0. The highest BCUT2D eigenvalue weighted by Gasteiger charge is 2.49. The maximum absolute atomic E-state index is 6.10. The van der Waals surface area contributed by atoms with E-state index in [4.69, 9.17) is 14.2 Å². The fourth-order valence-corrected chi connectivity index (χ4v) is 2.20. The van der Waals surface area contributed by atoms with Crippen LogP contribution in [0.1, 0.15) is 51.7 Å². The van der Waals surface area contributed by atoms with Crippen molar-refractivity contribution in [2.45, 2.75) is 65.3 Å². The van der Waals surface area contributed by atoms with Crippen LogP contribution in [-0.4, -0.2) is 25.4 Å². The molecule has 2 rings (SSSR count). The lowest BCUT2D eigenvalue weighted by Gasteiger charge is -2.22. The first-order chi connectivity index (χ1) is 10.0. The molecule has 0 bridgehead atoms. The van der Waals surface area contributed by atoms with Crippen molar-refractivity contribution in [1.82, 2.24) is 0 Å². The highest BCUT2D eigenvalue weighted by Crippen LogP contribution is 2.44. The van der Waals surface area contributed by atoms with E-state index in [2.05, 4.69) is 52.8 Å². The summed E-state index contributed by atoms with van der Waals surface area (Å²) in [5.74, 6) is 0.939. The molecule has 0 saturated carbocycles. The largest absolute Gasteiger partial charge is 0.490 e. The first-order valence-corrected chi connectivity index (χ1v) is 8.04. The summed E-state index contributed by atoms with van der Waals surface area (Å²) in [5.41, 5.74) is 2.02. The molecule has 118 valence electrons. The summed E-state index contributed by atoms with van der Waals surface area (Å²) < 4.78 is 17.8. The number of epoxide rings is 1. The van der Waals surface area contributed by atoms with E-state index in [1.54, 1.807) is 0 Å². The molecule has 1 fully saturated rings. The first-order valence-electron chi connectivity index (χ1n) is 8.04. The first kappa shape index (κ1) is 16.3. The molecule has 0 radical (unpaired) electrons. The van der Waals surface area contributed by atoms with Gasteiger partial charge in [-0.15, -0.1) is 0 Å². The van der Waals surface area contributed by atoms with Gasteiger partial charge in [-0.25, -0.2) is 0 Å². The molecule has 0 N–H and O–H groups in total. The van der Waals surface area contributed by atoms with Gasteiger partial charge in [-0.1, -0.05) is 26.0 Å². The monoisotopic (exact) mass is 292 g/mol. The maximum Gasteiger partial charge on any atom is 0.143 e. The normalized spacial score (nSPS) is 23.7. The summed E-state index contributed by atoms with van der Waals surface area (Å²) in [5, 5.41) is 0. The van der Waals surface area contributed by atoms with Gasteiger partial charge in [-0.2, -0.15) is 0 Å². The van der Waals surface area contributed by atoms with Gasteiger partial charge in [0.1, 0.15) is 11.4 Å². The number of rotatable bonds is 8. The number of hydrogen-bond acceptors (Lipinski definition) is 3. The molecule has 1 heterocycles. The minimum absolute atomic E-state index is 0.205. The van der Waals surface area contributed by atoms with Gasteiger partial charge in [0.25, 0.3) is 0 Å². The van der Waals surface area contributed by atoms with Crippen molar-refractivity contribution in [3.63, 3.8) is 0 Å². The molecule has 1 saturated heterocycles. The van der Waals surface area contributed by atoms with Crippen molar-refractivity contribution >= 4 is 0 Å². The Bertz CT molecular complexity index is 466. The van der Waals surface area contributed by atoms with Gasteiger partial charge in [-0.05, 0) is 45.2 Å². The zero-order chi connectivity index (χ0) is 15.5. The molecule has 21 heavy (non-hydrogen) atoms. The van der Waals surface area contributed by atoms with Gasteiger partial charge in [0, 0.05) is 5.56 Å². The molecular formula is C18H28O3. The molecule has 3 nitrogen and oxygen atoms in total. The van der Waals surface area contributed by atoms with Crippen LogP contribution in [0.15, 0.2) is 18.2 Å². The molecule has 0 amide bonds. The third-order valence-electron chi connectivity index (χ3n) is 4.20. The fourth-order valence-electron chi connectivity index (χ4n) is 2.20. The van der Waals surface area contributed by atoms with E-state index >= 15 is 0 Å². The van der Waals surface area contributed by atoms with Crippen molar-refractivity contribution in [2.24, 2.45) is 0 Å². The highest BCUT2D eigenvalue weighted by molar-refractivity contribution is 5.43. The zero-order valence-corrected chi connectivity index (χ0v) is 13.9. The minimum atomic E-state index is -0.306. The molecule has 0 aromatic heterocycles. The standard InChI is InChI=1S/C18H28O3/c1-6-14(4)19-11-18(12-20-18)16-9-8-13(3)10-17(16)21-15(5)7-2/h8-10,14-15H,6-7,11-12H2,1-5H3/t14-,15+,18-/m0/s1. The third kappa shape index (κ3) is 3.98. The molecule has 1 aliphatic heterocycles. The van der Waals surface area contributed by atoms with Gasteiger partial charge >= 0.3 is 0 Å². The van der Waals surface area contributed by atoms with Crippen LogP contribution >= 0.6 is 0 Å². The zero-order valence-electron chi connectivity index (χ0n) is 13.9. The topological polar surface area (TPSA) is 31.0 Å². The molecule has 3 atom stereocenters. The van der Waals surface area contributed by atoms with Gasteiger partial charge in [0.15, 0.2) is 0 Å². The lowest BCUT2D eigenvalue weighted by molar-refractivity contribution is 0.0230. The van der Waals surface area contributed by atoms with Gasteiger partial charge in [-0.3, -0.25) is 0 Å². The molecule has 0 spiro atoms. The summed E-state index contributed by atoms with van der Waals surface area (Å²) >= 11 is 0. The summed E-state index contributed by atoms with van der Waals surface area (Å²) in [7, 11) is 0. The Morgan fingerprint density at radius 2 is 1.86 bits per heavy atom. The maximum atomic E-state index is 6.10. The molecule has 0 unspecified atom stereocenters. The lowest BCUT2D eigenvalue weighted by Crippen LogP contribution is -2.23. The van der Waals surface area contributed by atoms with Crippen LogP contribution in [-0.2, 0) is 15.1 Å². The Kier molecular flexibility index (Phi) is 5.28. The minimum Gasteiger partial charge on any atom is -0.490 e. The van der Waals surface area contributed by atoms with E-state index in [0.717, 1.165) is 24.2 Å². The Morgan fingerprint density at radius 3 is 2.43 bits per heavy atom. The van der Waals surface area contributed by atoms with E-state index in [9.17, 15) is 0 Å². The average molecular weight is 292 g/mol. The Morgan fingerprint density at radius 1 is 1.19 bits per heavy atom. The van der Waals surface area contributed by atoms with E-state index in [-0.39, 0.29) is 17.8 Å². The van der Waals surface area contributed by atoms with E-state index in [1.807, 2.05) is 0 Å². The third-order valence-corrected chi connectivity index (χ3v) is 4.20. The highest BCUT2D eigenvalue weighted by atomic mass is 16.6. The Balaban J connectivity index is 2.18. The summed E-state index contributed by atoms with van der Waals surface area (Å²) in [6.07, 6.45) is 2.47. The van der Waals surface area contributed by atoms with E-state index < -0.39 is 0 Å². The summed E-state index contributed by atoms with van der Waals surface area (Å²) in [6, 6.07) is 6.35. The van der Waals surface area contributed by atoms with Crippen molar-refractivity contribution in [2.75, 3.05) is 13.2 Å².